The van der Waals surface area contributed by atoms with Gasteiger partial charge in [0.05, 0.1) is 5.52 Å². The Morgan fingerprint density at radius 2 is 1.96 bits per heavy atom. The van der Waals surface area contributed by atoms with Gasteiger partial charge < -0.3 is 15.2 Å². The summed E-state index contributed by atoms with van der Waals surface area (Å²) in [6.07, 6.45) is 1.46. The van der Waals surface area contributed by atoms with E-state index >= 15 is 0 Å². The van der Waals surface area contributed by atoms with Gasteiger partial charge in [0.15, 0.2) is 0 Å². The molecular weight excluding hydrogens is 296 g/mol. The van der Waals surface area contributed by atoms with Gasteiger partial charge in [-0.15, -0.1) is 0 Å². The van der Waals surface area contributed by atoms with Crippen LogP contribution in [0.4, 0.5) is 4.79 Å². The largest absolute Gasteiger partial charge is 0.480 e. The molecule has 2 N–H and O–H groups in total. The van der Waals surface area contributed by atoms with Crippen molar-refractivity contribution in [3.63, 3.8) is 0 Å². The van der Waals surface area contributed by atoms with Gasteiger partial charge in [-0.05, 0) is 39.4 Å². The summed E-state index contributed by atoms with van der Waals surface area (Å²) in [5.41, 5.74) is 0.891. The van der Waals surface area contributed by atoms with Crippen LogP contribution in [-0.2, 0) is 16.0 Å². The van der Waals surface area contributed by atoms with Gasteiger partial charge in [0.1, 0.15) is 11.6 Å². The standard InChI is InChI=1S/C17H22N2O4/c1-17(2,3)23-16(22)19-10-11(9-13(18-4)15(20)21)12-7-5-6-8-14(12)19/h5-8,10,13,18H,9H2,1-4H3,(H,20,21)/t13-/m1/s1. The van der Waals surface area contributed by atoms with Crippen LogP contribution in [0.2, 0.25) is 0 Å². The zero-order chi connectivity index (χ0) is 17.2. The smallest absolute Gasteiger partial charge is 0.419 e. The maximum atomic E-state index is 12.4. The molecule has 0 saturated heterocycles. The molecule has 0 bridgehead atoms. The van der Waals surface area contributed by atoms with E-state index in [0.29, 0.717) is 5.52 Å². The Morgan fingerprint density at radius 1 is 1.30 bits per heavy atom. The van der Waals surface area contributed by atoms with E-state index in [0.717, 1.165) is 10.9 Å². The van der Waals surface area contributed by atoms with E-state index in [2.05, 4.69) is 5.32 Å². The fraction of sp³-hybridized carbons (Fsp3) is 0.412. The minimum atomic E-state index is -0.929. The van der Waals surface area contributed by atoms with Crippen molar-refractivity contribution in [3.8, 4) is 0 Å². The van der Waals surface area contributed by atoms with Gasteiger partial charge in [-0.3, -0.25) is 9.36 Å². The second-order valence-corrected chi connectivity index (χ2v) is 6.41. The number of hydrogen-bond acceptors (Lipinski definition) is 4. The number of carbonyl (C=O) groups is 2. The van der Waals surface area contributed by atoms with E-state index in [9.17, 15) is 14.7 Å². The number of rotatable bonds is 4. The molecule has 0 aliphatic carbocycles. The second kappa shape index (κ2) is 6.42. The van der Waals surface area contributed by atoms with E-state index in [1.54, 1.807) is 34.0 Å². The van der Waals surface area contributed by atoms with Gasteiger partial charge in [-0.2, -0.15) is 0 Å². The molecule has 23 heavy (non-hydrogen) atoms. The first-order valence-electron chi connectivity index (χ1n) is 7.45. The van der Waals surface area contributed by atoms with Crippen LogP contribution in [-0.4, -0.2) is 40.4 Å². The van der Waals surface area contributed by atoms with Crippen molar-refractivity contribution in [1.29, 1.82) is 0 Å². The number of likely N-dealkylation sites (N-methyl/N-ethyl adjacent to an activating group) is 1. The van der Waals surface area contributed by atoms with Crippen molar-refractivity contribution in [3.05, 3.63) is 36.0 Å². The topological polar surface area (TPSA) is 80.6 Å². The summed E-state index contributed by atoms with van der Waals surface area (Å²) in [6.45, 7) is 5.41. The first kappa shape index (κ1) is 17.0. The zero-order valence-corrected chi connectivity index (χ0v) is 13.8. The number of benzene rings is 1. The van der Waals surface area contributed by atoms with Gasteiger partial charge in [-0.25, -0.2) is 4.79 Å². The number of carboxylic acid groups (broad SMARTS) is 1. The highest BCUT2D eigenvalue weighted by Crippen LogP contribution is 2.24. The third-order valence-corrected chi connectivity index (χ3v) is 3.46. The molecule has 0 aliphatic rings. The number of aliphatic carboxylic acids is 1. The van der Waals surface area contributed by atoms with Crippen LogP contribution in [0.3, 0.4) is 0 Å². The molecule has 1 aromatic heterocycles. The predicted octanol–water partition coefficient (Wildman–Crippen LogP) is 2.64. The summed E-state index contributed by atoms with van der Waals surface area (Å²) in [5.74, 6) is -0.929. The Balaban J connectivity index is 2.44. The zero-order valence-electron chi connectivity index (χ0n) is 13.8. The molecule has 0 unspecified atom stereocenters. The molecule has 2 aromatic rings. The summed E-state index contributed by atoms with van der Waals surface area (Å²) < 4.78 is 6.85. The maximum absolute atomic E-state index is 12.4. The van der Waals surface area contributed by atoms with E-state index in [1.807, 2.05) is 24.3 Å². The number of ether oxygens (including phenoxy) is 1. The highest BCUT2D eigenvalue weighted by Gasteiger charge is 2.23. The Morgan fingerprint density at radius 3 is 2.52 bits per heavy atom. The van der Waals surface area contributed by atoms with Crippen molar-refractivity contribution >= 4 is 23.0 Å². The predicted molar refractivity (Wildman–Crippen MR) is 87.8 cm³/mol. The minimum absolute atomic E-state index is 0.280. The average Bonchev–Trinajstić information content (AvgIpc) is 2.81. The lowest BCUT2D eigenvalue weighted by Gasteiger charge is -2.19. The molecule has 1 heterocycles. The van der Waals surface area contributed by atoms with Crippen molar-refractivity contribution in [2.24, 2.45) is 0 Å². The van der Waals surface area contributed by atoms with Crippen LogP contribution in [0, 0.1) is 0 Å². The van der Waals surface area contributed by atoms with E-state index in [4.69, 9.17) is 4.74 Å². The average molecular weight is 318 g/mol. The van der Waals surface area contributed by atoms with Crippen molar-refractivity contribution in [2.75, 3.05) is 7.05 Å². The summed E-state index contributed by atoms with van der Waals surface area (Å²) in [5, 5.41) is 12.8. The van der Waals surface area contributed by atoms with E-state index in [1.165, 1.54) is 4.57 Å². The fourth-order valence-electron chi connectivity index (χ4n) is 2.41. The molecule has 0 amide bonds. The van der Waals surface area contributed by atoms with Gasteiger partial charge in [0.2, 0.25) is 0 Å². The minimum Gasteiger partial charge on any atom is -0.480 e. The lowest BCUT2D eigenvalue weighted by atomic mass is 10.1. The molecule has 1 aromatic carbocycles. The lowest BCUT2D eigenvalue weighted by Crippen LogP contribution is -2.35. The lowest BCUT2D eigenvalue weighted by molar-refractivity contribution is -0.139. The maximum Gasteiger partial charge on any atom is 0.419 e. The van der Waals surface area contributed by atoms with Gasteiger partial charge in [0.25, 0.3) is 0 Å². The first-order chi connectivity index (χ1) is 10.7. The summed E-state index contributed by atoms with van der Waals surface area (Å²) >= 11 is 0. The Hall–Kier alpha value is -2.34. The number of carbonyl (C=O) groups excluding carboxylic acids is 1. The van der Waals surface area contributed by atoms with Crippen LogP contribution < -0.4 is 5.32 Å². The molecule has 0 radical (unpaired) electrons. The van der Waals surface area contributed by atoms with Crippen molar-refractivity contribution < 1.29 is 19.4 Å². The van der Waals surface area contributed by atoms with Crippen LogP contribution in [0.5, 0.6) is 0 Å². The summed E-state index contributed by atoms with van der Waals surface area (Å²) in [4.78, 5) is 23.6. The van der Waals surface area contributed by atoms with Gasteiger partial charge >= 0.3 is 12.1 Å². The fourth-order valence-corrected chi connectivity index (χ4v) is 2.41. The Kier molecular flexibility index (Phi) is 4.75. The molecule has 6 nitrogen and oxygen atoms in total. The quantitative estimate of drug-likeness (QED) is 0.906. The normalized spacial score (nSPS) is 13.0. The van der Waals surface area contributed by atoms with Crippen LogP contribution in [0.15, 0.2) is 30.5 Å². The van der Waals surface area contributed by atoms with E-state index in [-0.39, 0.29) is 6.42 Å². The molecule has 0 fully saturated rings. The highest BCUT2D eigenvalue weighted by molar-refractivity contribution is 5.92. The number of carboxylic acids is 1. The van der Waals surface area contributed by atoms with Crippen LogP contribution in [0.1, 0.15) is 26.3 Å². The highest BCUT2D eigenvalue weighted by atomic mass is 16.6. The summed E-state index contributed by atoms with van der Waals surface area (Å²) in [7, 11) is 1.60. The number of para-hydroxylation sites is 1. The molecule has 2 rings (SSSR count). The molecule has 0 aliphatic heterocycles. The number of nitrogens with zero attached hydrogens (tertiary/aromatic N) is 1. The molecule has 1 atom stereocenters. The number of aromatic nitrogens is 1. The number of hydrogen-bond donors (Lipinski definition) is 2. The molecule has 0 saturated carbocycles. The SMILES string of the molecule is CN[C@H](Cc1cn(C(=O)OC(C)(C)C)c2ccccc12)C(=O)O. The third-order valence-electron chi connectivity index (χ3n) is 3.46. The van der Waals surface area contributed by atoms with Crippen LogP contribution >= 0.6 is 0 Å². The Bertz CT molecular complexity index is 728. The van der Waals surface area contributed by atoms with Crippen molar-refractivity contribution in [1.82, 2.24) is 9.88 Å². The monoisotopic (exact) mass is 318 g/mol. The third kappa shape index (κ3) is 3.90. The first-order valence-corrected chi connectivity index (χ1v) is 7.45. The van der Waals surface area contributed by atoms with Crippen molar-refractivity contribution in [2.45, 2.75) is 38.8 Å². The molecule has 124 valence electrons. The summed E-state index contributed by atoms with van der Waals surface area (Å²) in [6, 6.07) is 6.67. The number of fused-ring (bicyclic) bond motifs is 1. The van der Waals surface area contributed by atoms with Gasteiger partial charge in [0, 0.05) is 18.0 Å². The van der Waals surface area contributed by atoms with E-state index < -0.39 is 23.7 Å². The molecule has 6 heteroatoms. The van der Waals surface area contributed by atoms with Gasteiger partial charge in [-0.1, -0.05) is 18.2 Å². The second-order valence-electron chi connectivity index (χ2n) is 6.41. The molecular formula is C17H22N2O4. The number of nitrogens with one attached hydrogen (secondary N) is 1. The van der Waals surface area contributed by atoms with Crippen LogP contribution in [0.25, 0.3) is 10.9 Å². The Labute approximate surface area is 135 Å². The molecule has 0 spiro atoms.